The number of ether oxygens (including phenoxy) is 3. The highest BCUT2D eigenvalue weighted by Crippen LogP contribution is 2.29. The molecule has 3 aromatic rings. The Morgan fingerprint density at radius 2 is 1.75 bits per heavy atom. The average Bonchev–Trinajstić information content (AvgIpc) is 3.13. The zero-order valence-corrected chi connectivity index (χ0v) is 19.6. The van der Waals surface area contributed by atoms with Crippen LogP contribution in [0.2, 0.25) is 0 Å². The van der Waals surface area contributed by atoms with Crippen molar-refractivity contribution in [1.29, 1.82) is 0 Å². The molecule has 3 rings (SSSR count). The first-order valence-electron chi connectivity index (χ1n) is 10.4. The number of benzene rings is 2. The lowest BCUT2D eigenvalue weighted by atomic mass is 10.2. The third-order valence-electron chi connectivity index (χ3n) is 4.46. The fraction of sp³-hybridized carbons (Fsp3) is 0.348. The zero-order valence-electron chi connectivity index (χ0n) is 18.8. The summed E-state index contributed by atoms with van der Waals surface area (Å²) < 4.78 is 18.8. The first-order valence-corrected chi connectivity index (χ1v) is 11.4. The lowest BCUT2D eigenvalue weighted by Crippen LogP contribution is -2.14. The maximum atomic E-state index is 12.3. The van der Waals surface area contributed by atoms with Crippen LogP contribution in [0.1, 0.15) is 25.2 Å². The third-order valence-corrected chi connectivity index (χ3v) is 5.48. The largest absolute Gasteiger partial charge is 0.494 e. The number of hydrogen-bond acceptors (Lipinski definition) is 7. The number of thioether (sulfide) groups is 1. The molecule has 170 valence electrons. The van der Waals surface area contributed by atoms with Crippen LogP contribution < -0.4 is 19.5 Å². The molecule has 1 aromatic heterocycles. The molecule has 0 saturated carbocycles. The van der Waals surface area contributed by atoms with E-state index in [1.165, 1.54) is 11.8 Å². The second-order valence-electron chi connectivity index (χ2n) is 6.92. The Kier molecular flexibility index (Phi) is 8.38. The number of rotatable bonds is 11. The summed E-state index contributed by atoms with van der Waals surface area (Å²) in [7, 11) is 1.85. The van der Waals surface area contributed by atoms with Crippen LogP contribution in [0.4, 0.5) is 5.69 Å². The Labute approximate surface area is 192 Å². The summed E-state index contributed by atoms with van der Waals surface area (Å²) in [5.41, 5.74) is 1.82. The van der Waals surface area contributed by atoms with Gasteiger partial charge in [0.05, 0.1) is 19.0 Å². The van der Waals surface area contributed by atoms with Crippen molar-refractivity contribution < 1.29 is 19.0 Å². The lowest BCUT2D eigenvalue weighted by molar-refractivity contribution is -0.113. The first-order chi connectivity index (χ1) is 15.5. The number of aryl methyl sites for hydroxylation is 1. The topological polar surface area (TPSA) is 87.5 Å². The van der Waals surface area contributed by atoms with Crippen molar-refractivity contribution in [3.05, 3.63) is 53.9 Å². The van der Waals surface area contributed by atoms with Gasteiger partial charge in [-0.2, -0.15) is 0 Å². The van der Waals surface area contributed by atoms with Gasteiger partial charge in [0.1, 0.15) is 12.4 Å². The van der Waals surface area contributed by atoms with Gasteiger partial charge >= 0.3 is 0 Å². The molecule has 0 spiro atoms. The van der Waals surface area contributed by atoms with Crippen LogP contribution in [0.15, 0.2) is 47.6 Å². The zero-order chi connectivity index (χ0) is 22.9. The molecule has 2 aromatic carbocycles. The van der Waals surface area contributed by atoms with Gasteiger partial charge in [-0.25, -0.2) is 0 Å². The maximum absolute atomic E-state index is 12.3. The Hall–Kier alpha value is -3.20. The minimum Gasteiger partial charge on any atom is -0.494 e. The van der Waals surface area contributed by atoms with Crippen molar-refractivity contribution in [1.82, 2.24) is 14.8 Å². The van der Waals surface area contributed by atoms with Crippen molar-refractivity contribution in [2.24, 2.45) is 7.05 Å². The van der Waals surface area contributed by atoms with E-state index in [1.807, 2.05) is 74.9 Å². The molecule has 1 amide bonds. The number of amides is 1. The molecule has 0 bridgehead atoms. The van der Waals surface area contributed by atoms with E-state index >= 15 is 0 Å². The van der Waals surface area contributed by atoms with Gasteiger partial charge in [0, 0.05) is 12.7 Å². The minimum atomic E-state index is -0.124. The van der Waals surface area contributed by atoms with E-state index in [0.717, 1.165) is 11.3 Å². The molecule has 0 fully saturated rings. The van der Waals surface area contributed by atoms with E-state index in [2.05, 4.69) is 15.5 Å². The van der Waals surface area contributed by atoms with Gasteiger partial charge in [-0.3, -0.25) is 4.79 Å². The second-order valence-corrected chi connectivity index (χ2v) is 7.87. The lowest BCUT2D eigenvalue weighted by Gasteiger charge is -2.12. The van der Waals surface area contributed by atoms with Crippen molar-refractivity contribution in [2.45, 2.75) is 32.5 Å². The van der Waals surface area contributed by atoms with Crippen LogP contribution in [0, 0.1) is 6.92 Å². The third kappa shape index (κ3) is 6.40. The van der Waals surface area contributed by atoms with Gasteiger partial charge in [-0.1, -0.05) is 17.8 Å². The van der Waals surface area contributed by atoms with Crippen molar-refractivity contribution >= 4 is 23.4 Å². The maximum Gasteiger partial charge on any atom is 0.234 e. The van der Waals surface area contributed by atoms with Crippen molar-refractivity contribution in [2.75, 3.05) is 24.3 Å². The van der Waals surface area contributed by atoms with Gasteiger partial charge in [-0.15, -0.1) is 10.2 Å². The summed E-state index contributed by atoms with van der Waals surface area (Å²) in [4.78, 5) is 12.3. The summed E-state index contributed by atoms with van der Waals surface area (Å²) in [6.45, 7) is 7.27. The van der Waals surface area contributed by atoms with Crippen LogP contribution >= 0.6 is 11.8 Å². The van der Waals surface area contributed by atoms with Crippen molar-refractivity contribution in [3.63, 3.8) is 0 Å². The molecule has 0 aliphatic carbocycles. The molecule has 1 N–H and O–H groups in total. The number of hydrogen-bond donors (Lipinski definition) is 1. The fourth-order valence-electron chi connectivity index (χ4n) is 2.87. The number of carbonyl (C=O) groups is 1. The molecule has 0 atom stereocenters. The number of nitrogens with zero attached hydrogens (tertiary/aromatic N) is 3. The SMILES string of the molecule is CCOc1ccc(NC(=O)CSc2nnc(COc3ccc(C)cc3OCC)n2C)cc1. The van der Waals surface area contributed by atoms with Gasteiger partial charge in [0.15, 0.2) is 22.5 Å². The average molecular weight is 457 g/mol. The molecule has 1 heterocycles. The van der Waals surface area contributed by atoms with E-state index < -0.39 is 0 Å². The Bertz CT molecular complexity index is 1040. The first kappa shape index (κ1) is 23.5. The van der Waals surface area contributed by atoms with Crippen LogP contribution in [0.25, 0.3) is 0 Å². The van der Waals surface area contributed by atoms with Crippen LogP contribution in [0.5, 0.6) is 17.2 Å². The molecular formula is C23H28N4O4S. The van der Waals surface area contributed by atoms with Gasteiger partial charge in [-0.05, 0) is 62.7 Å². The standard InChI is InChI=1S/C23H28N4O4S/c1-5-29-18-10-8-17(9-11-18)24-22(28)15-32-23-26-25-21(27(23)4)14-31-19-12-7-16(3)13-20(19)30-6-2/h7-13H,5-6,14-15H2,1-4H3,(H,24,28). The van der Waals surface area contributed by atoms with Gasteiger partial charge in [0.2, 0.25) is 5.91 Å². The Morgan fingerprint density at radius 1 is 1.00 bits per heavy atom. The molecule has 32 heavy (non-hydrogen) atoms. The molecule has 0 aliphatic heterocycles. The monoisotopic (exact) mass is 456 g/mol. The highest BCUT2D eigenvalue weighted by Gasteiger charge is 2.13. The molecule has 8 nitrogen and oxygen atoms in total. The van der Waals surface area contributed by atoms with Gasteiger partial charge in [0.25, 0.3) is 0 Å². The number of anilines is 1. The van der Waals surface area contributed by atoms with Crippen LogP contribution in [0.3, 0.4) is 0 Å². The Balaban J connectivity index is 1.53. The van der Waals surface area contributed by atoms with E-state index in [0.29, 0.717) is 41.4 Å². The number of aromatic nitrogens is 3. The van der Waals surface area contributed by atoms with E-state index in [9.17, 15) is 4.79 Å². The quantitative estimate of drug-likeness (QED) is 0.432. The van der Waals surface area contributed by atoms with E-state index in [1.54, 1.807) is 0 Å². The van der Waals surface area contributed by atoms with Crippen LogP contribution in [-0.4, -0.2) is 39.6 Å². The van der Waals surface area contributed by atoms with E-state index in [-0.39, 0.29) is 18.3 Å². The molecule has 0 saturated heterocycles. The summed E-state index contributed by atoms with van der Waals surface area (Å²) in [5.74, 6) is 2.88. The van der Waals surface area contributed by atoms with Gasteiger partial charge < -0.3 is 24.1 Å². The summed E-state index contributed by atoms with van der Waals surface area (Å²) in [6, 6.07) is 13.1. The smallest absolute Gasteiger partial charge is 0.234 e. The van der Waals surface area contributed by atoms with E-state index in [4.69, 9.17) is 14.2 Å². The highest BCUT2D eigenvalue weighted by atomic mass is 32.2. The Morgan fingerprint density at radius 3 is 2.47 bits per heavy atom. The molecule has 0 unspecified atom stereocenters. The molecule has 9 heteroatoms. The predicted molar refractivity (Wildman–Crippen MR) is 125 cm³/mol. The molecule has 0 radical (unpaired) electrons. The molecular weight excluding hydrogens is 428 g/mol. The summed E-state index contributed by atoms with van der Waals surface area (Å²) in [5, 5.41) is 11.9. The normalized spacial score (nSPS) is 10.6. The molecule has 0 aliphatic rings. The fourth-order valence-corrected chi connectivity index (χ4v) is 3.60. The second kappa shape index (κ2) is 11.4. The predicted octanol–water partition coefficient (Wildman–Crippen LogP) is 4.23. The highest BCUT2D eigenvalue weighted by molar-refractivity contribution is 7.99. The van der Waals surface area contributed by atoms with Crippen LogP contribution in [-0.2, 0) is 18.4 Å². The number of nitrogens with one attached hydrogen (secondary N) is 1. The number of carbonyl (C=O) groups excluding carboxylic acids is 1. The van der Waals surface area contributed by atoms with Crippen molar-refractivity contribution in [3.8, 4) is 17.2 Å². The summed E-state index contributed by atoms with van der Waals surface area (Å²) >= 11 is 1.31. The minimum absolute atomic E-state index is 0.124. The summed E-state index contributed by atoms with van der Waals surface area (Å²) in [6.07, 6.45) is 0.